The Kier molecular flexibility index (Phi) is 6.37. The summed E-state index contributed by atoms with van der Waals surface area (Å²) in [5.74, 6) is 0.202. The van der Waals surface area contributed by atoms with Crippen LogP contribution in [0.1, 0.15) is 40.7 Å². The van der Waals surface area contributed by atoms with E-state index in [1.807, 2.05) is 18.2 Å². The molecule has 5 heteroatoms. The number of nitrogens with two attached hydrogens (primary N) is 1. The summed E-state index contributed by atoms with van der Waals surface area (Å²) in [5, 5.41) is 5.50. The summed E-state index contributed by atoms with van der Waals surface area (Å²) in [5.41, 5.74) is 7.75. The van der Waals surface area contributed by atoms with Gasteiger partial charge in [-0.1, -0.05) is 49.4 Å². The minimum Gasteiger partial charge on any atom is -0.352 e. The summed E-state index contributed by atoms with van der Waals surface area (Å²) >= 11 is 0. The van der Waals surface area contributed by atoms with E-state index in [-0.39, 0.29) is 5.91 Å². The van der Waals surface area contributed by atoms with Gasteiger partial charge >= 0.3 is 6.03 Å². The summed E-state index contributed by atoms with van der Waals surface area (Å²) in [4.78, 5) is 23.0. The number of rotatable bonds is 7. The van der Waals surface area contributed by atoms with Crippen molar-refractivity contribution in [1.82, 2.24) is 10.6 Å². The highest BCUT2D eigenvalue weighted by Crippen LogP contribution is 2.18. The average Bonchev–Trinajstić information content (AvgIpc) is 2.61. The molecule has 0 aromatic heterocycles. The first-order valence-corrected chi connectivity index (χ1v) is 8.05. The van der Waals surface area contributed by atoms with Gasteiger partial charge in [0.1, 0.15) is 0 Å². The molecule has 126 valence electrons. The van der Waals surface area contributed by atoms with E-state index in [0.717, 1.165) is 12.0 Å². The molecule has 0 aliphatic carbocycles. The van der Waals surface area contributed by atoms with Crippen molar-refractivity contribution < 1.29 is 9.59 Å². The Morgan fingerprint density at radius 1 is 1.00 bits per heavy atom. The molecular weight excluding hydrogens is 302 g/mol. The van der Waals surface area contributed by atoms with Gasteiger partial charge < -0.3 is 16.4 Å². The van der Waals surface area contributed by atoms with Crippen molar-refractivity contribution in [3.63, 3.8) is 0 Å². The first-order valence-electron chi connectivity index (χ1n) is 8.05. The van der Waals surface area contributed by atoms with Gasteiger partial charge in [-0.25, -0.2) is 4.79 Å². The largest absolute Gasteiger partial charge is 0.352 e. The number of hydrogen-bond donors (Lipinski definition) is 3. The van der Waals surface area contributed by atoms with Crippen LogP contribution in [0.3, 0.4) is 0 Å². The third-order valence-corrected chi connectivity index (χ3v) is 3.96. The number of nitrogens with one attached hydrogen (secondary N) is 2. The lowest BCUT2D eigenvalue weighted by atomic mass is 9.96. The van der Waals surface area contributed by atoms with Crippen LogP contribution in [0.4, 0.5) is 4.79 Å². The van der Waals surface area contributed by atoms with Crippen molar-refractivity contribution in [2.75, 3.05) is 6.54 Å². The molecule has 2 rings (SSSR count). The molecule has 0 radical (unpaired) electrons. The Morgan fingerprint density at radius 3 is 2.25 bits per heavy atom. The van der Waals surface area contributed by atoms with Gasteiger partial charge in [-0.15, -0.1) is 0 Å². The zero-order valence-electron chi connectivity index (χ0n) is 13.8. The van der Waals surface area contributed by atoms with E-state index in [2.05, 4.69) is 29.7 Å². The number of primary amides is 1. The van der Waals surface area contributed by atoms with Crippen LogP contribution in [0.15, 0.2) is 54.6 Å². The van der Waals surface area contributed by atoms with Crippen LogP contribution in [-0.2, 0) is 6.54 Å². The van der Waals surface area contributed by atoms with Gasteiger partial charge in [-0.2, -0.15) is 0 Å². The summed E-state index contributed by atoms with van der Waals surface area (Å²) in [6.45, 7) is 3.07. The van der Waals surface area contributed by atoms with E-state index >= 15 is 0 Å². The fraction of sp³-hybridized carbons (Fsp3) is 0.263. The van der Waals surface area contributed by atoms with Crippen LogP contribution in [0.25, 0.3) is 0 Å². The number of amides is 3. The predicted octanol–water partition coefficient (Wildman–Crippen LogP) is 2.78. The van der Waals surface area contributed by atoms with Crippen LogP contribution in [-0.4, -0.2) is 18.5 Å². The second kappa shape index (κ2) is 8.72. The zero-order valence-corrected chi connectivity index (χ0v) is 13.8. The molecule has 3 amide bonds. The first-order chi connectivity index (χ1) is 11.6. The van der Waals surface area contributed by atoms with E-state index in [0.29, 0.717) is 24.6 Å². The smallest absolute Gasteiger partial charge is 0.312 e. The van der Waals surface area contributed by atoms with Gasteiger partial charge in [0.05, 0.1) is 0 Å². The molecule has 0 aliphatic rings. The average molecular weight is 325 g/mol. The quantitative estimate of drug-likeness (QED) is 0.731. The minimum atomic E-state index is -0.566. The molecule has 0 bridgehead atoms. The Hall–Kier alpha value is -2.82. The molecule has 0 unspecified atom stereocenters. The van der Waals surface area contributed by atoms with Gasteiger partial charge in [0.2, 0.25) is 0 Å². The number of carbonyl (C=O) groups is 2. The molecule has 2 aromatic carbocycles. The van der Waals surface area contributed by atoms with Crippen LogP contribution < -0.4 is 16.4 Å². The number of hydrogen-bond acceptors (Lipinski definition) is 2. The Bertz CT molecular complexity index is 669. The normalized spacial score (nSPS) is 11.5. The van der Waals surface area contributed by atoms with Gasteiger partial charge in [-0.05, 0) is 29.7 Å². The fourth-order valence-electron chi connectivity index (χ4n) is 2.50. The van der Waals surface area contributed by atoms with E-state index in [4.69, 9.17) is 5.73 Å². The minimum absolute atomic E-state index is 0.0983. The summed E-state index contributed by atoms with van der Waals surface area (Å²) < 4.78 is 0. The van der Waals surface area contributed by atoms with Crippen molar-refractivity contribution in [2.45, 2.75) is 25.8 Å². The third kappa shape index (κ3) is 5.12. The number of carbonyl (C=O) groups excluding carboxylic acids is 2. The van der Waals surface area contributed by atoms with Crippen LogP contribution in [0, 0.1) is 0 Å². The van der Waals surface area contributed by atoms with Crippen molar-refractivity contribution in [2.24, 2.45) is 5.73 Å². The molecule has 4 N–H and O–H groups in total. The summed E-state index contributed by atoms with van der Waals surface area (Å²) in [6, 6.07) is 16.7. The van der Waals surface area contributed by atoms with Crippen molar-refractivity contribution in [3.8, 4) is 0 Å². The van der Waals surface area contributed by atoms with Gasteiger partial charge in [0.25, 0.3) is 5.91 Å². The Balaban J connectivity index is 1.91. The Labute approximate surface area is 142 Å². The molecule has 24 heavy (non-hydrogen) atoms. The maximum absolute atomic E-state index is 12.3. The van der Waals surface area contributed by atoms with Crippen LogP contribution in [0.5, 0.6) is 0 Å². The van der Waals surface area contributed by atoms with Gasteiger partial charge in [-0.3, -0.25) is 4.79 Å². The van der Waals surface area contributed by atoms with E-state index in [1.54, 1.807) is 24.3 Å². The van der Waals surface area contributed by atoms with Crippen molar-refractivity contribution in [3.05, 3.63) is 71.3 Å². The fourth-order valence-corrected chi connectivity index (χ4v) is 2.50. The molecule has 0 heterocycles. The number of urea groups is 1. The molecular formula is C19H23N3O2. The Morgan fingerprint density at radius 2 is 1.67 bits per heavy atom. The molecule has 1 atom stereocenters. The van der Waals surface area contributed by atoms with E-state index in [1.165, 1.54) is 5.56 Å². The van der Waals surface area contributed by atoms with Crippen molar-refractivity contribution in [1.29, 1.82) is 0 Å². The van der Waals surface area contributed by atoms with Gasteiger partial charge in [0.15, 0.2) is 0 Å². The standard InChI is InChI=1S/C19H23N3O2/c1-2-15(16-6-4-3-5-7-16)13-21-18(23)17-10-8-14(9-11-17)12-22-19(20)24/h3-11,15H,2,12-13H2,1H3,(H,21,23)(H3,20,22,24)/t15-/m1/s1. The second-order valence-electron chi connectivity index (χ2n) is 5.64. The number of benzene rings is 2. The van der Waals surface area contributed by atoms with Crippen LogP contribution >= 0.6 is 0 Å². The van der Waals surface area contributed by atoms with E-state index < -0.39 is 6.03 Å². The molecule has 0 saturated carbocycles. The maximum Gasteiger partial charge on any atom is 0.312 e. The molecule has 0 spiro atoms. The summed E-state index contributed by atoms with van der Waals surface area (Å²) in [6.07, 6.45) is 0.960. The second-order valence-corrected chi connectivity index (χ2v) is 5.64. The zero-order chi connectivity index (χ0) is 17.4. The highest BCUT2D eigenvalue weighted by atomic mass is 16.2. The summed E-state index contributed by atoms with van der Waals surface area (Å²) in [7, 11) is 0. The van der Waals surface area contributed by atoms with Crippen molar-refractivity contribution >= 4 is 11.9 Å². The lowest BCUT2D eigenvalue weighted by molar-refractivity contribution is 0.0951. The topological polar surface area (TPSA) is 84.2 Å². The molecule has 0 fully saturated rings. The molecule has 5 nitrogen and oxygen atoms in total. The monoisotopic (exact) mass is 325 g/mol. The van der Waals surface area contributed by atoms with Crippen LogP contribution in [0.2, 0.25) is 0 Å². The molecule has 2 aromatic rings. The van der Waals surface area contributed by atoms with E-state index in [9.17, 15) is 9.59 Å². The predicted molar refractivity (Wildman–Crippen MR) is 94.7 cm³/mol. The molecule has 0 aliphatic heterocycles. The maximum atomic E-state index is 12.3. The van der Waals surface area contributed by atoms with Gasteiger partial charge in [0, 0.05) is 24.6 Å². The third-order valence-electron chi connectivity index (χ3n) is 3.96. The SMILES string of the molecule is CC[C@H](CNC(=O)c1ccc(CNC(N)=O)cc1)c1ccccc1. The lowest BCUT2D eigenvalue weighted by Gasteiger charge is -2.16. The highest BCUT2D eigenvalue weighted by Gasteiger charge is 2.12. The highest BCUT2D eigenvalue weighted by molar-refractivity contribution is 5.94. The first kappa shape index (κ1) is 17.5. The lowest BCUT2D eigenvalue weighted by Crippen LogP contribution is -2.29. The molecule has 0 saturated heterocycles.